The van der Waals surface area contributed by atoms with Gasteiger partial charge in [0.25, 0.3) is 0 Å². The van der Waals surface area contributed by atoms with Crippen LogP contribution in [0.1, 0.15) is 12.8 Å². The van der Waals surface area contributed by atoms with Crippen molar-refractivity contribution in [1.82, 2.24) is 0 Å². The molecule has 2 rings (SSSR count). The molecule has 0 aliphatic heterocycles. The molecule has 0 saturated heterocycles. The Labute approximate surface area is 121 Å². The average molecular weight is 341 g/mol. The van der Waals surface area contributed by atoms with E-state index in [0.29, 0.717) is 0 Å². The van der Waals surface area contributed by atoms with Gasteiger partial charge in [-0.2, -0.15) is 0 Å². The van der Waals surface area contributed by atoms with Crippen molar-refractivity contribution in [3.8, 4) is 0 Å². The van der Waals surface area contributed by atoms with E-state index >= 15 is 0 Å². The van der Waals surface area contributed by atoms with E-state index in [9.17, 15) is 0 Å². The third kappa shape index (κ3) is 2.66. The van der Waals surface area contributed by atoms with Gasteiger partial charge in [0.1, 0.15) is 0 Å². The Balaban J connectivity index is 0.00000144. The van der Waals surface area contributed by atoms with Gasteiger partial charge >= 0.3 is 97.1 Å². The first-order chi connectivity index (χ1) is 6.96. The summed E-state index contributed by atoms with van der Waals surface area (Å²) < 4.78 is 3.37. The molecule has 2 aliphatic rings. The van der Waals surface area contributed by atoms with Crippen molar-refractivity contribution in [2.75, 3.05) is 0 Å². The summed E-state index contributed by atoms with van der Waals surface area (Å²) in [6.07, 6.45) is 16.1. The molecule has 0 amide bonds. The van der Waals surface area contributed by atoms with Crippen molar-refractivity contribution in [1.29, 1.82) is 0 Å². The van der Waals surface area contributed by atoms with Crippen LogP contribution in [0.3, 0.4) is 0 Å². The van der Waals surface area contributed by atoms with Gasteiger partial charge in [-0.1, -0.05) is 0 Å². The van der Waals surface area contributed by atoms with Gasteiger partial charge in [-0.25, -0.2) is 0 Å². The molecule has 2 aliphatic carbocycles. The fourth-order valence-corrected chi connectivity index (χ4v) is 12.5. The summed E-state index contributed by atoms with van der Waals surface area (Å²) in [4.78, 5) is 0. The van der Waals surface area contributed by atoms with Crippen LogP contribution in [-0.2, 0) is 11.5 Å². The standard InChI is InChI=1S/2C5H5.4CH3.2ClH.H2Si.Ti/c2*1-2-4-5-3-1;;;;;;;;/h2*1-3H,4H2;4*1H3;2*1H;1H2;. The van der Waals surface area contributed by atoms with Gasteiger partial charge in [0.2, 0.25) is 0 Å². The maximum absolute atomic E-state index is 3.60. The van der Waals surface area contributed by atoms with Gasteiger partial charge in [0.05, 0.1) is 0 Å². The third-order valence-electron chi connectivity index (χ3n) is 4.89. The van der Waals surface area contributed by atoms with Crippen molar-refractivity contribution in [3.63, 3.8) is 0 Å². The van der Waals surface area contributed by atoms with Gasteiger partial charge in [0.15, 0.2) is 0 Å². The number of allylic oxidation sites excluding steroid dienone is 8. The van der Waals surface area contributed by atoms with E-state index in [2.05, 4.69) is 65.0 Å². The van der Waals surface area contributed by atoms with E-state index in [1.807, 2.05) is 0 Å². The van der Waals surface area contributed by atoms with Gasteiger partial charge in [-0.15, -0.1) is 24.8 Å². The normalized spacial score (nSPS) is 23.7. The number of hydrogen-bond acceptors (Lipinski definition) is 0. The summed E-state index contributed by atoms with van der Waals surface area (Å²) in [6, 6.07) is 0. The molecule has 0 spiro atoms. The number of rotatable bonds is 2. The SMILES string of the molecule is Cl.Cl.[CH3][Ti]([CH3])([CH3])([CH3])(=[SiH2])([C]1=CC=CC1)[C]1=CC=CC1. The van der Waals surface area contributed by atoms with Crippen LogP contribution >= 0.6 is 24.8 Å². The second kappa shape index (κ2) is 3.77. The topological polar surface area (TPSA) is 0 Å². The first kappa shape index (κ1) is 18.5. The first-order valence-corrected chi connectivity index (χ1v) is 18.1. The molecule has 4 heteroatoms. The average Bonchev–Trinajstić information content (AvgIpc) is 2.76. The Morgan fingerprint density at radius 2 is 1.17 bits per heavy atom. The fraction of sp³-hybridized carbons (Fsp3) is 0.429. The van der Waals surface area contributed by atoms with Gasteiger partial charge < -0.3 is 0 Å². The first-order valence-electron chi connectivity index (χ1n) is 6.29. The Hall–Kier alpha value is 0.471. The van der Waals surface area contributed by atoms with Crippen LogP contribution in [0.25, 0.3) is 0 Å². The van der Waals surface area contributed by atoms with E-state index in [4.69, 9.17) is 0 Å². The van der Waals surface area contributed by atoms with Gasteiger partial charge in [-0.05, 0) is 0 Å². The van der Waals surface area contributed by atoms with E-state index in [1.165, 1.54) is 0 Å². The second-order valence-corrected chi connectivity index (χ2v) is 47.7. The molecule has 0 nitrogen and oxygen atoms in total. The Morgan fingerprint density at radius 1 is 0.833 bits per heavy atom. The molecule has 0 radical (unpaired) electrons. The molecule has 0 N–H and O–H groups in total. The molecule has 0 heterocycles. The summed E-state index contributed by atoms with van der Waals surface area (Å²) >= 11 is -3.60. The zero-order valence-corrected chi connectivity index (χ0v) is 16.5. The van der Waals surface area contributed by atoms with Crippen molar-refractivity contribution in [2.45, 2.75) is 33.8 Å². The monoisotopic (exact) mass is 340 g/mol. The number of hydrogen-bond donors (Lipinski definition) is 0. The fourth-order valence-electron chi connectivity index (χ4n) is 3.03. The molecule has 0 saturated carbocycles. The summed E-state index contributed by atoms with van der Waals surface area (Å²) in [5.74, 6) is 0. The van der Waals surface area contributed by atoms with Crippen LogP contribution in [0.2, 0.25) is 20.9 Å². The minimum atomic E-state index is -3.60. The molecule has 18 heavy (non-hydrogen) atoms. The predicted molar refractivity (Wildman–Crippen MR) is 90.2 cm³/mol. The molecule has 0 unspecified atom stereocenters. The summed E-state index contributed by atoms with van der Waals surface area (Å²) in [5, 5.41) is 10.3. The van der Waals surface area contributed by atoms with Crippen molar-refractivity contribution in [2.24, 2.45) is 0 Å². The Bertz CT molecular complexity index is 551. The molecular formula is C14H26Cl2SiTi. The Morgan fingerprint density at radius 3 is 1.39 bits per heavy atom. The Kier molecular flexibility index (Phi) is 3.87. The summed E-state index contributed by atoms with van der Waals surface area (Å²) in [6.45, 7) is 0. The van der Waals surface area contributed by atoms with Gasteiger partial charge in [0, 0.05) is 0 Å². The van der Waals surface area contributed by atoms with Crippen LogP contribution in [0.4, 0.5) is 0 Å². The van der Waals surface area contributed by atoms with Crippen LogP contribution in [0.15, 0.2) is 44.2 Å². The maximum atomic E-state index is 2.58. The molecule has 0 aromatic rings. The van der Waals surface area contributed by atoms with E-state index < -0.39 is 11.5 Å². The molecule has 0 aromatic carbocycles. The molecule has 0 fully saturated rings. The van der Waals surface area contributed by atoms with Crippen LogP contribution < -0.4 is 0 Å². The van der Waals surface area contributed by atoms with Crippen molar-refractivity contribution in [3.05, 3.63) is 44.2 Å². The quantitative estimate of drug-likeness (QED) is 0.619. The van der Waals surface area contributed by atoms with Crippen LogP contribution in [-0.4, -0.2) is 7.63 Å². The molecule has 104 valence electrons. The molecule has 0 atom stereocenters. The number of halogens is 2. The summed E-state index contributed by atoms with van der Waals surface area (Å²) in [5.41, 5.74) is 0. The minimum absolute atomic E-state index is 0. The van der Waals surface area contributed by atoms with Crippen LogP contribution in [0.5, 0.6) is 0 Å². The third-order valence-corrected chi connectivity index (χ3v) is 20.2. The van der Waals surface area contributed by atoms with Crippen molar-refractivity contribution < 1.29 is 11.5 Å². The predicted octanol–water partition coefficient (Wildman–Crippen LogP) is 5.02. The van der Waals surface area contributed by atoms with Crippen LogP contribution in [0, 0.1) is 0 Å². The van der Waals surface area contributed by atoms with E-state index in [1.54, 1.807) is 7.76 Å². The zero-order chi connectivity index (χ0) is 12.2. The zero-order valence-electron chi connectivity index (χ0n) is 11.9. The molecule has 0 bridgehead atoms. The second-order valence-electron chi connectivity index (χ2n) is 9.54. The molecule has 0 aromatic heterocycles. The van der Waals surface area contributed by atoms with E-state index in [0.717, 1.165) is 12.8 Å². The van der Waals surface area contributed by atoms with Crippen molar-refractivity contribution >= 4 is 32.4 Å². The summed E-state index contributed by atoms with van der Waals surface area (Å²) in [7, 11) is 2.31. The molecular weight excluding hydrogens is 315 g/mol. The van der Waals surface area contributed by atoms with Gasteiger partial charge in [-0.3, -0.25) is 0 Å². The van der Waals surface area contributed by atoms with E-state index in [-0.39, 0.29) is 24.8 Å².